The molecule has 0 fully saturated rings. The average molecular weight is 371 g/mol. The third-order valence-electron chi connectivity index (χ3n) is 5.17. The lowest BCUT2D eigenvalue weighted by Gasteiger charge is -2.31. The van der Waals surface area contributed by atoms with Gasteiger partial charge in [-0.15, -0.1) is 0 Å². The highest BCUT2D eigenvalue weighted by Crippen LogP contribution is 2.33. The molecule has 0 spiro atoms. The van der Waals surface area contributed by atoms with Crippen molar-refractivity contribution in [2.24, 2.45) is 0 Å². The van der Waals surface area contributed by atoms with Crippen LogP contribution in [-0.2, 0) is 12.8 Å². The molecule has 2 aromatic carbocycles. The number of carbonyl (C=O) groups is 1. The number of anilines is 2. The van der Waals surface area contributed by atoms with Crippen molar-refractivity contribution in [2.75, 3.05) is 18.0 Å². The van der Waals surface area contributed by atoms with Crippen molar-refractivity contribution in [3.8, 4) is 0 Å². The highest BCUT2D eigenvalue weighted by atomic mass is 16.1. The molecule has 1 N–H and O–H groups in total. The van der Waals surface area contributed by atoms with Crippen molar-refractivity contribution >= 4 is 17.3 Å². The van der Waals surface area contributed by atoms with E-state index in [-0.39, 0.29) is 5.91 Å². The van der Waals surface area contributed by atoms with Crippen LogP contribution in [0.15, 0.2) is 72.9 Å². The lowest BCUT2D eigenvalue weighted by atomic mass is 10.0. The summed E-state index contributed by atoms with van der Waals surface area (Å²) in [6.07, 6.45) is 5.81. The smallest absolute Gasteiger partial charge is 0.269 e. The van der Waals surface area contributed by atoms with Gasteiger partial charge in [0.15, 0.2) is 0 Å². The Morgan fingerprint density at radius 2 is 1.86 bits per heavy atom. The number of fused-ring (bicyclic) bond motifs is 1. The van der Waals surface area contributed by atoms with Crippen LogP contribution in [0.1, 0.15) is 34.5 Å². The van der Waals surface area contributed by atoms with E-state index in [9.17, 15) is 4.79 Å². The van der Waals surface area contributed by atoms with Gasteiger partial charge in [-0.3, -0.25) is 9.78 Å². The zero-order chi connectivity index (χ0) is 19.2. The molecule has 4 heteroatoms. The van der Waals surface area contributed by atoms with E-state index in [2.05, 4.69) is 51.6 Å². The molecule has 3 aromatic rings. The quantitative estimate of drug-likeness (QED) is 0.648. The van der Waals surface area contributed by atoms with Crippen LogP contribution in [0.3, 0.4) is 0 Å². The summed E-state index contributed by atoms with van der Waals surface area (Å²) in [5.41, 5.74) is 5.38. The third kappa shape index (κ3) is 4.22. The second kappa shape index (κ2) is 8.70. The fourth-order valence-electron chi connectivity index (χ4n) is 3.74. The standard InChI is InChI=1S/C24H25N3O/c28-24(26-15-6-10-19-8-2-1-3-9-19)22-18-21(14-16-25-22)27-17-7-12-20-11-4-5-13-23(20)27/h1-5,8-9,11,13-14,16,18H,6-7,10,12,15,17H2,(H,26,28). The fraction of sp³-hybridized carbons (Fsp3) is 0.250. The van der Waals surface area contributed by atoms with E-state index < -0.39 is 0 Å². The molecule has 0 saturated carbocycles. The minimum Gasteiger partial charge on any atom is -0.351 e. The molecule has 28 heavy (non-hydrogen) atoms. The Bertz CT molecular complexity index is 939. The van der Waals surface area contributed by atoms with Gasteiger partial charge in [-0.25, -0.2) is 0 Å². The second-order valence-electron chi connectivity index (χ2n) is 7.13. The number of hydrogen-bond donors (Lipinski definition) is 1. The summed E-state index contributed by atoms with van der Waals surface area (Å²) in [7, 11) is 0. The van der Waals surface area contributed by atoms with Crippen LogP contribution in [-0.4, -0.2) is 24.0 Å². The average Bonchev–Trinajstić information content (AvgIpc) is 2.77. The number of pyridine rings is 1. The maximum absolute atomic E-state index is 12.5. The highest BCUT2D eigenvalue weighted by Gasteiger charge is 2.19. The van der Waals surface area contributed by atoms with Gasteiger partial charge in [0.1, 0.15) is 5.69 Å². The first kappa shape index (κ1) is 18.2. The molecule has 0 unspecified atom stereocenters. The van der Waals surface area contributed by atoms with Gasteiger partial charge < -0.3 is 10.2 Å². The van der Waals surface area contributed by atoms with E-state index in [4.69, 9.17) is 0 Å². The largest absolute Gasteiger partial charge is 0.351 e. The van der Waals surface area contributed by atoms with Crippen LogP contribution < -0.4 is 10.2 Å². The summed E-state index contributed by atoms with van der Waals surface area (Å²) < 4.78 is 0. The number of amides is 1. The number of benzene rings is 2. The normalized spacial score (nSPS) is 13.1. The summed E-state index contributed by atoms with van der Waals surface area (Å²) >= 11 is 0. The van der Waals surface area contributed by atoms with E-state index in [0.717, 1.165) is 37.9 Å². The number of nitrogens with zero attached hydrogens (tertiary/aromatic N) is 2. The molecule has 1 aliphatic heterocycles. The Labute approximate surface area is 166 Å². The zero-order valence-corrected chi connectivity index (χ0v) is 16.0. The molecule has 0 atom stereocenters. The van der Waals surface area contributed by atoms with Crippen LogP contribution in [0.2, 0.25) is 0 Å². The van der Waals surface area contributed by atoms with Crippen molar-refractivity contribution in [1.82, 2.24) is 10.3 Å². The number of rotatable bonds is 6. The Balaban J connectivity index is 1.39. The number of aryl methyl sites for hydroxylation is 2. The van der Waals surface area contributed by atoms with Crippen LogP contribution in [0.25, 0.3) is 0 Å². The fourth-order valence-corrected chi connectivity index (χ4v) is 3.74. The molecule has 0 saturated heterocycles. The molecule has 4 rings (SSSR count). The Kier molecular flexibility index (Phi) is 5.66. The molecule has 142 valence electrons. The lowest BCUT2D eigenvalue weighted by molar-refractivity contribution is 0.0948. The van der Waals surface area contributed by atoms with Gasteiger partial charge in [0.25, 0.3) is 5.91 Å². The number of para-hydroxylation sites is 1. The Hall–Kier alpha value is -3.14. The topological polar surface area (TPSA) is 45.2 Å². The van der Waals surface area contributed by atoms with Gasteiger partial charge in [0.2, 0.25) is 0 Å². The molecule has 1 amide bonds. The first-order valence-corrected chi connectivity index (χ1v) is 9.95. The lowest BCUT2D eigenvalue weighted by Crippen LogP contribution is -2.27. The summed E-state index contributed by atoms with van der Waals surface area (Å²) in [5, 5.41) is 3.00. The monoisotopic (exact) mass is 371 g/mol. The number of hydrogen-bond acceptors (Lipinski definition) is 3. The van der Waals surface area contributed by atoms with E-state index in [0.29, 0.717) is 12.2 Å². The molecular weight excluding hydrogens is 346 g/mol. The summed E-state index contributed by atoms with van der Waals surface area (Å²) in [6, 6.07) is 22.7. The van der Waals surface area contributed by atoms with E-state index in [1.165, 1.54) is 16.8 Å². The van der Waals surface area contributed by atoms with Gasteiger partial charge >= 0.3 is 0 Å². The molecular formula is C24H25N3O. The SMILES string of the molecule is O=C(NCCCc1ccccc1)c1cc(N2CCCc3ccccc32)ccn1. The number of nitrogens with one attached hydrogen (secondary N) is 1. The summed E-state index contributed by atoms with van der Waals surface area (Å²) in [6.45, 7) is 1.60. The van der Waals surface area contributed by atoms with Crippen molar-refractivity contribution in [3.63, 3.8) is 0 Å². The minimum absolute atomic E-state index is 0.111. The van der Waals surface area contributed by atoms with Crippen LogP contribution in [0.4, 0.5) is 11.4 Å². The maximum atomic E-state index is 12.5. The molecule has 4 nitrogen and oxygen atoms in total. The first-order chi connectivity index (χ1) is 13.8. The third-order valence-corrected chi connectivity index (χ3v) is 5.17. The van der Waals surface area contributed by atoms with Crippen LogP contribution in [0, 0.1) is 0 Å². The molecule has 0 bridgehead atoms. The summed E-state index contributed by atoms with van der Waals surface area (Å²) in [4.78, 5) is 19.1. The van der Waals surface area contributed by atoms with E-state index in [1.807, 2.05) is 30.3 Å². The first-order valence-electron chi connectivity index (χ1n) is 9.95. The van der Waals surface area contributed by atoms with E-state index >= 15 is 0 Å². The van der Waals surface area contributed by atoms with E-state index in [1.54, 1.807) is 6.20 Å². The zero-order valence-electron chi connectivity index (χ0n) is 16.0. The minimum atomic E-state index is -0.111. The van der Waals surface area contributed by atoms with Crippen molar-refractivity contribution in [3.05, 3.63) is 89.7 Å². The molecule has 1 aliphatic rings. The Morgan fingerprint density at radius 3 is 2.75 bits per heavy atom. The van der Waals surface area contributed by atoms with Crippen molar-refractivity contribution < 1.29 is 4.79 Å². The van der Waals surface area contributed by atoms with Gasteiger partial charge in [-0.1, -0.05) is 48.5 Å². The maximum Gasteiger partial charge on any atom is 0.269 e. The Morgan fingerprint density at radius 1 is 1.04 bits per heavy atom. The van der Waals surface area contributed by atoms with Gasteiger partial charge in [0.05, 0.1) is 0 Å². The van der Waals surface area contributed by atoms with Crippen molar-refractivity contribution in [2.45, 2.75) is 25.7 Å². The predicted octanol–water partition coefficient (Wildman–Crippen LogP) is 4.53. The highest BCUT2D eigenvalue weighted by molar-refractivity contribution is 5.93. The predicted molar refractivity (Wildman–Crippen MR) is 113 cm³/mol. The summed E-state index contributed by atoms with van der Waals surface area (Å²) in [5.74, 6) is -0.111. The molecule has 0 aliphatic carbocycles. The molecule has 1 aromatic heterocycles. The van der Waals surface area contributed by atoms with Crippen molar-refractivity contribution in [1.29, 1.82) is 0 Å². The van der Waals surface area contributed by atoms with Gasteiger partial charge in [0, 0.05) is 30.7 Å². The van der Waals surface area contributed by atoms with Crippen LogP contribution >= 0.6 is 0 Å². The van der Waals surface area contributed by atoms with Gasteiger partial charge in [-0.2, -0.15) is 0 Å². The number of carbonyl (C=O) groups excluding carboxylic acids is 1. The molecule has 2 heterocycles. The van der Waals surface area contributed by atoms with Gasteiger partial charge in [-0.05, 0) is 55.0 Å². The van der Waals surface area contributed by atoms with Crippen LogP contribution in [0.5, 0.6) is 0 Å². The second-order valence-corrected chi connectivity index (χ2v) is 7.13. The number of aromatic nitrogens is 1. The molecule has 0 radical (unpaired) electrons.